The smallest absolute Gasteiger partial charge is 0.306 e. The molecule has 0 radical (unpaired) electrons. The van der Waals surface area contributed by atoms with E-state index in [2.05, 4.69) is 4.40 Å². The lowest BCUT2D eigenvalue weighted by molar-refractivity contribution is -0.143. The summed E-state index contributed by atoms with van der Waals surface area (Å²) in [7, 11) is -1.24. The van der Waals surface area contributed by atoms with Gasteiger partial charge in [0.05, 0.1) is 4.75 Å². The van der Waals surface area contributed by atoms with Crippen molar-refractivity contribution in [3.05, 3.63) is 12.2 Å². The topological polar surface area (TPSA) is 55.7 Å². The molecule has 0 spiro atoms. The molecule has 0 aromatic carbocycles. The number of hydrogen-bond acceptors (Lipinski definition) is 3. The number of ether oxygens (including phenoxy) is 1. The molecule has 0 bridgehead atoms. The summed E-state index contributed by atoms with van der Waals surface area (Å²) < 4.78 is 18.4. The van der Waals surface area contributed by atoms with Gasteiger partial charge in [0.1, 0.15) is 17.6 Å². The van der Waals surface area contributed by atoms with Crippen LogP contribution in [0.2, 0.25) is 0 Å². The number of alkyl halides is 3. The zero-order chi connectivity index (χ0) is 16.5. The van der Waals surface area contributed by atoms with E-state index in [1.807, 2.05) is 32.9 Å². The van der Waals surface area contributed by atoms with Crippen LogP contribution in [0.3, 0.4) is 0 Å². The molecular weight excluding hydrogens is 357 g/mol. The van der Waals surface area contributed by atoms with Gasteiger partial charge < -0.3 is 4.74 Å². The van der Waals surface area contributed by atoms with Crippen LogP contribution in [0.5, 0.6) is 0 Å². The summed E-state index contributed by atoms with van der Waals surface area (Å²) in [4.78, 5) is 11.3. The quantitative estimate of drug-likeness (QED) is 0.290. The molecule has 0 aromatic rings. The maximum atomic E-state index is 11.6. The maximum Gasteiger partial charge on any atom is 0.306 e. The van der Waals surface area contributed by atoms with Gasteiger partial charge in [0.2, 0.25) is 3.79 Å². The molecular formula is C13H20Cl3NO3S. The van der Waals surface area contributed by atoms with E-state index in [4.69, 9.17) is 39.5 Å². The molecule has 21 heavy (non-hydrogen) atoms. The lowest BCUT2D eigenvalue weighted by atomic mass is 10.3. The van der Waals surface area contributed by atoms with E-state index in [0.29, 0.717) is 12.8 Å². The summed E-state index contributed by atoms with van der Waals surface area (Å²) >= 11 is 16.4. The van der Waals surface area contributed by atoms with Crippen molar-refractivity contribution in [3.8, 4) is 0 Å². The van der Waals surface area contributed by atoms with Gasteiger partial charge in [-0.05, 0) is 27.2 Å². The predicted octanol–water partition coefficient (Wildman–Crippen LogP) is 4.16. The molecule has 0 rings (SSSR count). The van der Waals surface area contributed by atoms with Crippen LogP contribution in [0.4, 0.5) is 0 Å². The first-order valence-corrected chi connectivity index (χ1v) is 8.58. The second-order valence-corrected chi connectivity index (χ2v) is 9.62. The van der Waals surface area contributed by atoms with Gasteiger partial charge >= 0.3 is 5.97 Å². The Morgan fingerprint density at radius 1 is 1.24 bits per heavy atom. The van der Waals surface area contributed by atoms with Crippen molar-refractivity contribution in [1.29, 1.82) is 0 Å². The molecule has 1 atom stereocenters. The van der Waals surface area contributed by atoms with Gasteiger partial charge in [-0.2, -0.15) is 4.40 Å². The molecule has 0 aromatic heterocycles. The molecule has 0 aliphatic heterocycles. The molecule has 0 aliphatic carbocycles. The van der Waals surface area contributed by atoms with Crippen LogP contribution in [0, 0.1) is 0 Å². The average Bonchev–Trinajstić information content (AvgIpc) is 2.32. The van der Waals surface area contributed by atoms with E-state index in [1.165, 1.54) is 0 Å². The highest BCUT2D eigenvalue weighted by atomic mass is 35.6. The molecule has 0 heterocycles. The van der Waals surface area contributed by atoms with Gasteiger partial charge in [0.15, 0.2) is 0 Å². The van der Waals surface area contributed by atoms with Crippen molar-refractivity contribution in [2.45, 2.75) is 48.6 Å². The second-order valence-electron chi connectivity index (χ2n) is 5.17. The van der Waals surface area contributed by atoms with Crippen molar-refractivity contribution in [2.75, 3.05) is 6.61 Å². The first-order valence-electron chi connectivity index (χ1n) is 6.34. The molecule has 0 saturated carbocycles. The summed E-state index contributed by atoms with van der Waals surface area (Å²) in [6, 6.07) is 0. The highest BCUT2D eigenvalue weighted by Crippen LogP contribution is 2.26. The standard InChI is InChI=1S/C13H20Cl3NO3S/c1-12(2,3)21(19)17-9-7-5-4-6-8-11(18)20-10-13(14,15)16/h4-5,9H,6-8,10H2,1-3H3/b5-4-,17-9+. The number of allylic oxidation sites excluding steroid dienone is 2. The second kappa shape index (κ2) is 9.82. The van der Waals surface area contributed by atoms with Crippen molar-refractivity contribution in [1.82, 2.24) is 0 Å². The lowest BCUT2D eigenvalue weighted by Crippen LogP contribution is -2.19. The van der Waals surface area contributed by atoms with Crippen molar-refractivity contribution >= 4 is 58.0 Å². The minimum Gasteiger partial charge on any atom is -0.461 e. The Hall–Kier alpha value is -0.100. The Balaban J connectivity index is 3.82. The monoisotopic (exact) mass is 375 g/mol. The van der Waals surface area contributed by atoms with E-state index in [-0.39, 0.29) is 17.8 Å². The Morgan fingerprint density at radius 3 is 2.38 bits per heavy atom. The van der Waals surface area contributed by atoms with Gasteiger partial charge in [0.25, 0.3) is 0 Å². The Bertz CT molecular complexity index is 412. The molecule has 8 heteroatoms. The summed E-state index contributed by atoms with van der Waals surface area (Å²) in [5.41, 5.74) is 0. The normalized spacial score (nSPS) is 14.8. The zero-order valence-electron chi connectivity index (χ0n) is 12.3. The van der Waals surface area contributed by atoms with Crippen LogP contribution >= 0.6 is 34.8 Å². The van der Waals surface area contributed by atoms with Gasteiger partial charge in [-0.15, -0.1) is 0 Å². The number of rotatable bonds is 7. The highest BCUT2D eigenvalue weighted by Gasteiger charge is 2.21. The molecule has 1 unspecified atom stereocenters. The van der Waals surface area contributed by atoms with Crippen molar-refractivity contribution in [3.63, 3.8) is 0 Å². The minimum atomic E-state index is -1.58. The number of nitrogens with zero attached hydrogens (tertiary/aromatic N) is 1. The summed E-state index contributed by atoms with van der Waals surface area (Å²) in [6.45, 7) is 5.32. The fourth-order valence-corrected chi connectivity index (χ4v) is 1.68. The Labute approximate surface area is 143 Å². The van der Waals surface area contributed by atoms with Crippen LogP contribution < -0.4 is 0 Å². The Kier molecular flexibility index (Phi) is 9.78. The fraction of sp³-hybridized carbons (Fsp3) is 0.692. The number of carbonyl (C=O) groups is 1. The number of esters is 1. The van der Waals surface area contributed by atoms with Gasteiger partial charge in [-0.1, -0.05) is 47.0 Å². The maximum absolute atomic E-state index is 11.6. The van der Waals surface area contributed by atoms with Crippen LogP contribution in [0.1, 0.15) is 40.0 Å². The predicted molar refractivity (Wildman–Crippen MR) is 90.6 cm³/mol. The third-order valence-electron chi connectivity index (χ3n) is 2.01. The van der Waals surface area contributed by atoms with Crippen LogP contribution in [-0.4, -0.2) is 31.5 Å². The van der Waals surface area contributed by atoms with Crippen LogP contribution in [0.15, 0.2) is 16.5 Å². The summed E-state index contributed by atoms with van der Waals surface area (Å²) in [6.07, 6.45) is 6.55. The molecule has 0 N–H and O–H groups in total. The van der Waals surface area contributed by atoms with E-state index in [1.54, 1.807) is 6.21 Å². The van der Waals surface area contributed by atoms with Crippen molar-refractivity contribution in [2.24, 2.45) is 4.40 Å². The molecule has 0 fully saturated rings. The molecule has 122 valence electrons. The van der Waals surface area contributed by atoms with Crippen LogP contribution in [0.25, 0.3) is 0 Å². The molecule has 0 aliphatic rings. The molecule has 4 nitrogen and oxygen atoms in total. The van der Waals surface area contributed by atoms with E-state index in [0.717, 1.165) is 0 Å². The Morgan fingerprint density at radius 2 is 1.86 bits per heavy atom. The van der Waals surface area contributed by atoms with Gasteiger partial charge in [-0.3, -0.25) is 4.79 Å². The first-order chi connectivity index (χ1) is 9.52. The lowest BCUT2D eigenvalue weighted by Gasteiger charge is -2.12. The molecule has 0 amide bonds. The number of hydrogen-bond donors (Lipinski definition) is 0. The third kappa shape index (κ3) is 13.3. The summed E-state index contributed by atoms with van der Waals surface area (Å²) in [5, 5.41) is 0. The SMILES string of the molecule is CC(C)(C)S(=O)/N=C/C/C=C\CCC(=O)OCC(Cl)(Cl)Cl. The minimum absolute atomic E-state index is 0.211. The zero-order valence-corrected chi connectivity index (χ0v) is 15.4. The highest BCUT2D eigenvalue weighted by molar-refractivity contribution is 7.85. The van der Waals surface area contributed by atoms with Crippen molar-refractivity contribution < 1.29 is 13.7 Å². The first kappa shape index (κ1) is 20.9. The van der Waals surface area contributed by atoms with E-state index >= 15 is 0 Å². The summed E-state index contributed by atoms with van der Waals surface area (Å²) in [5.74, 6) is -0.423. The fourth-order valence-electron chi connectivity index (χ4n) is 0.979. The van der Waals surface area contributed by atoms with E-state index in [9.17, 15) is 9.00 Å². The molecule has 0 saturated heterocycles. The van der Waals surface area contributed by atoms with E-state index < -0.39 is 20.7 Å². The number of halogens is 3. The average molecular weight is 377 g/mol. The van der Waals surface area contributed by atoms with Crippen LogP contribution in [-0.2, 0) is 20.5 Å². The number of carbonyl (C=O) groups excluding carboxylic acids is 1. The third-order valence-corrected chi connectivity index (χ3v) is 3.73. The van der Waals surface area contributed by atoms with Gasteiger partial charge in [0, 0.05) is 19.1 Å². The van der Waals surface area contributed by atoms with Gasteiger partial charge in [-0.25, -0.2) is 4.21 Å². The largest absolute Gasteiger partial charge is 0.461 e.